The second kappa shape index (κ2) is 4.05. The number of H-pyrrole nitrogens is 1. The monoisotopic (exact) mass is 257 g/mol. The number of benzene rings is 1. The standard InChI is InChI=1S/C14H12FN3O/c1-8-7-12-13(14(19)16-8)9(2)17-18(12)11-5-3-10(15)4-6-11/h3-7H,1-2H3,(H,16,19). The number of halogens is 1. The molecule has 4 nitrogen and oxygen atoms in total. The molecule has 3 rings (SSSR count). The largest absolute Gasteiger partial charge is 0.326 e. The van der Waals surface area contributed by atoms with Crippen molar-refractivity contribution >= 4 is 10.9 Å². The Morgan fingerprint density at radius 2 is 1.89 bits per heavy atom. The van der Waals surface area contributed by atoms with Crippen LogP contribution in [0.5, 0.6) is 0 Å². The van der Waals surface area contributed by atoms with Crippen LogP contribution in [0.1, 0.15) is 11.4 Å². The number of aromatic nitrogens is 3. The van der Waals surface area contributed by atoms with Gasteiger partial charge in [-0.3, -0.25) is 4.79 Å². The molecule has 1 N–H and O–H groups in total. The van der Waals surface area contributed by atoms with Crippen molar-refractivity contribution in [1.29, 1.82) is 0 Å². The van der Waals surface area contributed by atoms with Gasteiger partial charge < -0.3 is 4.98 Å². The SMILES string of the molecule is Cc1cc2c(c(C)nn2-c2ccc(F)cc2)c(=O)[nH]1. The van der Waals surface area contributed by atoms with Crippen molar-refractivity contribution in [2.24, 2.45) is 0 Å². The van der Waals surface area contributed by atoms with E-state index in [1.165, 1.54) is 12.1 Å². The quantitative estimate of drug-likeness (QED) is 0.728. The Hall–Kier alpha value is -2.43. The highest BCUT2D eigenvalue weighted by atomic mass is 19.1. The van der Waals surface area contributed by atoms with Gasteiger partial charge in [-0.1, -0.05) is 0 Å². The van der Waals surface area contributed by atoms with E-state index in [0.717, 1.165) is 16.9 Å². The summed E-state index contributed by atoms with van der Waals surface area (Å²) in [6.45, 7) is 3.60. The van der Waals surface area contributed by atoms with Crippen molar-refractivity contribution < 1.29 is 4.39 Å². The second-order valence-corrected chi connectivity index (χ2v) is 4.52. The van der Waals surface area contributed by atoms with Crippen LogP contribution in [-0.4, -0.2) is 14.8 Å². The number of hydrogen-bond donors (Lipinski definition) is 1. The van der Waals surface area contributed by atoms with Crippen LogP contribution in [0.2, 0.25) is 0 Å². The Morgan fingerprint density at radius 3 is 2.58 bits per heavy atom. The molecule has 3 aromatic rings. The van der Waals surface area contributed by atoms with E-state index in [9.17, 15) is 9.18 Å². The van der Waals surface area contributed by atoms with Gasteiger partial charge in [-0.25, -0.2) is 9.07 Å². The van der Waals surface area contributed by atoms with E-state index in [2.05, 4.69) is 10.1 Å². The van der Waals surface area contributed by atoms with Crippen LogP contribution in [0.15, 0.2) is 35.1 Å². The summed E-state index contributed by atoms with van der Waals surface area (Å²) in [6.07, 6.45) is 0. The summed E-state index contributed by atoms with van der Waals surface area (Å²) in [6, 6.07) is 7.88. The van der Waals surface area contributed by atoms with E-state index in [1.54, 1.807) is 23.7 Å². The van der Waals surface area contributed by atoms with Gasteiger partial charge in [0.05, 0.1) is 22.3 Å². The Bertz CT molecular complexity index is 815. The summed E-state index contributed by atoms with van der Waals surface area (Å²) >= 11 is 0. The molecular weight excluding hydrogens is 245 g/mol. The van der Waals surface area contributed by atoms with Gasteiger partial charge >= 0.3 is 0 Å². The lowest BCUT2D eigenvalue weighted by Crippen LogP contribution is -2.07. The minimum Gasteiger partial charge on any atom is -0.326 e. The zero-order valence-electron chi connectivity index (χ0n) is 10.6. The van der Waals surface area contributed by atoms with Crippen molar-refractivity contribution in [3.63, 3.8) is 0 Å². The van der Waals surface area contributed by atoms with Crippen LogP contribution in [0.25, 0.3) is 16.6 Å². The summed E-state index contributed by atoms with van der Waals surface area (Å²) in [7, 11) is 0. The first-order valence-electron chi connectivity index (χ1n) is 5.91. The van der Waals surface area contributed by atoms with E-state index in [0.29, 0.717) is 11.1 Å². The Balaban J connectivity index is 2.36. The molecular formula is C14H12FN3O. The summed E-state index contributed by atoms with van der Waals surface area (Å²) in [4.78, 5) is 14.7. The lowest BCUT2D eigenvalue weighted by Gasteiger charge is -2.03. The number of nitrogens with one attached hydrogen (secondary N) is 1. The normalized spacial score (nSPS) is 11.1. The maximum Gasteiger partial charge on any atom is 0.259 e. The van der Waals surface area contributed by atoms with Crippen LogP contribution in [0, 0.1) is 19.7 Å². The van der Waals surface area contributed by atoms with Gasteiger partial charge in [0, 0.05) is 5.69 Å². The topological polar surface area (TPSA) is 50.7 Å². The molecule has 19 heavy (non-hydrogen) atoms. The second-order valence-electron chi connectivity index (χ2n) is 4.52. The number of hydrogen-bond acceptors (Lipinski definition) is 2. The van der Waals surface area contributed by atoms with Crippen molar-refractivity contribution in [2.45, 2.75) is 13.8 Å². The fourth-order valence-corrected chi connectivity index (χ4v) is 2.22. The first kappa shape index (κ1) is 11.6. The first-order chi connectivity index (χ1) is 9.06. The Labute approximate surface area is 108 Å². The molecule has 0 spiro atoms. The van der Waals surface area contributed by atoms with Crippen LogP contribution >= 0.6 is 0 Å². The van der Waals surface area contributed by atoms with Crippen molar-refractivity contribution in [1.82, 2.24) is 14.8 Å². The molecule has 0 radical (unpaired) electrons. The highest BCUT2D eigenvalue weighted by Crippen LogP contribution is 2.19. The minimum atomic E-state index is -0.300. The van der Waals surface area contributed by atoms with Gasteiger partial charge in [-0.2, -0.15) is 5.10 Å². The van der Waals surface area contributed by atoms with Crippen LogP contribution < -0.4 is 5.56 Å². The molecule has 0 aliphatic rings. The molecule has 2 heterocycles. The zero-order valence-corrected chi connectivity index (χ0v) is 10.6. The molecule has 0 amide bonds. The highest BCUT2D eigenvalue weighted by molar-refractivity contribution is 5.82. The minimum absolute atomic E-state index is 0.152. The molecule has 0 fully saturated rings. The molecule has 1 aromatic carbocycles. The Kier molecular flexibility index (Phi) is 2.48. The summed E-state index contributed by atoms with van der Waals surface area (Å²) in [5.41, 5.74) is 2.72. The Morgan fingerprint density at radius 1 is 1.21 bits per heavy atom. The fourth-order valence-electron chi connectivity index (χ4n) is 2.22. The number of fused-ring (bicyclic) bond motifs is 1. The van der Waals surface area contributed by atoms with Gasteiger partial charge in [0.1, 0.15) is 5.82 Å². The van der Waals surface area contributed by atoms with Crippen molar-refractivity contribution in [3.8, 4) is 5.69 Å². The fraction of sp³-hybridized carbons (Fsp3) is 0.143. The van der Waals surface area contributed by atoms with Crippen molar-refractivity contribution in [2.75, 3.05) is 0 Å². The number of aryl methyl sites for hydroxylation is 2. The maximum atomic E-state index is 13.0. The number of aromatic amines is 1. The lowest BCUT2D eigenvalue weighted by molar-refractivity contribution is 0.627. The summed E-state index contributed by atoms with van der Waals surface area (Å²) < 4.78 is 14.6. The molecule has 0 aliphatic carbocycles. The molecule has 96 valence electrons. The number of nitrogens with zero attached hydrogens (tertiary/aromatic N) is 2. The molecule has 0 saturated heterocycles. The number of rotatable bonds is 1. The van der Waals surface area contributed by atoms with E-state index in [4.69, 9.17) is 0 Å². The van der Waals surface area contributed by atoms with Crippen LogP contribution in [0.3, 0.4) is 0 Å². The van der Waals surface area contributed by atoms with E-state index in [1.807, 2.05) is 13.0 Å². The van der Waals surface area contributed by atoms with E-state index < -0.39 is 0 Å². The molecule has 0 bridgehead atoms. The summed E-state index contributed by atoms with van der Waals surface area (Å²) in [5, 5.41) is 4.93. The molecule has 5 heteroatoms. The van der Waals surface area contributed by atoms with Gasteiger partial charge in [-0.15, -0.1) is 0 Å². The summed E-state index contributed by atoms with van der Waals surface area (Å²) in [5.74, 6) is -0.300. The third kappa shape index (κ3) is 1.83. The molecule has 0 saturated carbocycles. The first-order valence-corrected chi connectivity index (χ1v) is 5.91. The van der Waals surface area contributed by atoms with Crippen LogP contribution in [-0.2, 0) is 0 Å². The highest BCUT2D eigenvalue weighted by Gasteiger charge is 2.12. The number of pyridine rings is 1. The third-order valence-electron chi connectivity index (χ3n) is 3.06. The van der Waals surface area contributed by atoms with Gasteiger partial charge in [0.15, 0.2) is 0 Å². The molecule has 0 aliphatic heterocycles. The van der Waals surface area contributed by atoms with Gasteiger partial charge in [0.25, 0.3) is 5.56 Å². The average Bonchev–Trinajstić information content (AvgIpc) is 2.67. The van der Waals surface area contributed by atoms with Gasteiger partial charge in [-0.05, 0) is 44.2 Å². The molecule has 2 aromatic heterocycles. The zero-order chi connectivity index (χ0) is 13.6. The lowest BCUT2D eigenvalue weighted by atomic mass is 10.2. The average molecular weight is 257 g/mol. The molecule has 0 atom stereocenters. The van der Waals surface area contributed by atoms with Crippen LogP contribution in [0.4, 0.5) is 4.39 Å². The predicted molar refractivity (Wildman–Crippen MR) is 71.1 cm³/mol. The van der Waals surface area contributed by atoms with E-state index in [-0.39, 0.29) is 11.4 Å². The maximum absolute atomic E-state index is 13.0. The van der Waals surface area contributed by atoms with E-state index >= 15 is 0 Å². The third-order valence-corrected chi connectivity index (χ3v) is 3.06. The van der Waals surface area contributed by atoms with Crippen molar-refractivity contribution in [3.05, 3.63) is 57.9 Å². The predicted octanol–water partition coefficient (Wildman–Crippen LogP) is 2.47. The smallest absolute Gasteiger partial charge is 0.259 e. The van der Waals surface area contributed by atoms with Gasteiger partial charge in [0.2, 0.25) is 0 Å². The molecule has 0 unspecified atom stereocenters.